The Hall–Kier alpha value is -0.470. The van der Waals surface area contributed by atoms with Crippen molar-refractivity contribution in [3.8, 4) is 0 Å². The van der Waals surface area contributed by atoms with Crippen LogP contribution in [0.2, 0.25) is 0 Å². The van der Waals surface area contributed by atoms with E-state index in [1.807, 2.05) is 25.1 Å². The molecule has 0 bridgehead atoms. The van der Waals surface area contributed by atoms with E-state index >= 15 is 0 Å². The second kappa shape index (κ2) is 4.85. The van der Waals surface area contributed by atoms with Gasteiger partial charge in [0.05, 0.1) is 0 Å². The molecule has 0 heterocycles. The average Bonchev–Trinajstić information content (AvgIpc) is 2.16. The molecule has 0 aromatic heterocycles. The van der Waals surface area contributed by atoms with Crippen molar-refractivity contribution >= 4 is 30.0 Å². The highest BCUT2D eigenvalue weighted by Crippen LogP contribution is 2.30. The third-order valence-electron chi connectivity index (χ3n) is 2.16. The van der Waals surface area contributed by atoms with E-state index in [9.17, 15) is 4.79 Å². The van der Waals surface area contributed by atoms with Crippen LogP contribution in [-0.2, 0) is 11.2 Å². The summed E-state index contributed by atoms with van der Waals surface area (Å²) in [7, 11) is 0. The lowest BCUT2D eigenvalue weighted by Gasteiger charge is -2.13. The van der Waals surface area contributed by atoms with E-state index in [1.54, 1.807) is 0 Å². The standard InChI is InChI=1S/C11H13ClOS/c1-3-8-5-4-6-9(14)10(8)11(12)7(2)13/h4-6,11,14H,3H2,1-2H3. The summed E-state index contributed by atoms with van der Waals surface area (Å²) in [6.45, 7) is 3.53. The Morgan fingerprint density at radius 2 is 2.21 bits per heavy atom. The molecule has 1 unspecified atom stereocenters. The summed E-state index contributed by atoms with van der Waals surface area (Å²) in [6, 6.07) is 5.76. The molecular weight excluding hydrogens is 216 g/mol. The normalized spacial score (nSPS) is 12.6. The van der Waals surface area contributed by atoms with E-state index in [0.717, 1.165) is 22.4 Å². The van der Waals surface area contributed by atoms with Crippen LogP contribution in [0.4, 0.5) is 0 Å². The third kappa shape index (κ3) is 2.31. The van der Waals surface area contributed by atoms with E-state index in [4.69, 9.17) is 11.6 Å². The highest BCUT2D eigenvalue weighted by molar-refractivity contribution is 7.80. The number of thiol groups is 1. The molecule has 3 heteroatoms. The number of Topliss-reactive ketones (excluding diaryl/α,β-unsaturated/α-hetero) is 1. The van der Waals surface area contributed by atoms with Crippen molar-refractivity contribution in [2.24, 2.45) is 0 Å². The van der Waals surface area contributed by atoms with Crippen LogP contribution in [0.1, 0.15) is 30.4 Å². The molecule has 0 radical (unpaired) electrons. The summed E-state index contributed by atoms with van der Waals surface area (Å²) < 4.78 is 0. The number of aryl methyl sites for hydroxylation is 1. The molecule has 0 saturated heterocycles. The van der Waals surface area contributed by atoms with Gasteiger partial charge in [-0.15, -0.1) is 24.2 Å². The summed E-state index contributed by atoms with van der Waals surface area (Å²) in [5, 5.41) is -0.571. The molecule has 0 N–H and O–H groups in total. The van der Waals surface area contributed by atoms with Gasteiger partial charge in [0.1, 0.15) is 5.38 Å². The van der Waals surface area contributed by atoms with Crippen LogP contribution in [-0.4, -0.2) is 5.78 Å². The summed E-state index contributed by atoms with van der Waals surface area (Å²) in [5.74, 6) is -0.0390. The molecule has 76 valence electrons. The average molecular weight is 229 g/mol. The molecule has 0 amide bonds. The predicted molar refractivity (Wildman–Crippen MR) is 62.3 cm³/mol. The molecule has 1 aromatic rings. The first kappa shape index (κ1) is 11.6. The lowest BCUT2D eigenvalue weighted by Crippen LogP contribution is -2.06. The fourth-order valence-corrected chi connectivity index (χ4v) is 2.10. The summed E-state index contributed by atoms with van der Waals surface area (Å²) in [4.78, 5) is 12.0. The first-order valence-electron chi connectivity index (χ1n) is 4.53. The van der Waals surface area contributed by atoms with E-state index in [1.165, 1.54) is 6.92 Å². The number of ketones is 1. The van der Waals surface area contributed by atoms with Crippen molar-refractivity contribution in [3.63, 3.8) is 0 Å². The van der Waals surface area contributed by atoms with Crippen LogP contribution in [0.15, 0.2) is 23.1 Å². The van der Waals surface area contributed by atoms with Crippen LogP contribution in [0.25, 0.3) is 0 Å². The van der Waals surface area contributed by atoms with Crippen molar-refractivity contribution in [3.05, 3.63) is 29.3 Å². The van der Waals surface area contributed by atoms with Gasteiger partial charge in [-0.2, -0.15) is 0 Å². The molecule has 0 spiro atoms. The van der Waals surface area contributed by atoms with Crippen LogP contribution in [0, 0.1) is 0 Å². The van der Waals surface area contributed by atoms with Crippen LogP contribution in [0.3, 0.4) is 0 Å². The van der Waals surface area contributed by atoms with Gasteiger partial charge in [0, 0.05) is 4.90 Å². The number of halogens is 1. The van der Waals surface area contributed by atoms with Crippen LogP contribution in [0.5, 0.6) is 0 Å². The molecule has 0 aliphatic rings. The number of benzene rings is 1. The number of hydrogen-bond donors (Lipinski definition) is 1. The fourth-order valence-electron chi connectivity index (χ4n) is 1.40. The minimum Gasteiger partial charge on any atom is -0.298 e. The molecule has 1 rings (SSSR count). The van der Waals surface area contributed by atoms with Gasteiger partial charge < -0.3 is 0 Å². The monoisotopic (exact) mass is 228 g/mol. The van der Waals surface area contributed by atoms with Gasteiger partial charge >= 0.3 is 0 Å². The second-order valence-corrected chi connectivity index (χ2v) is 4.09. The van der Waals surface area contributed by atoms with Gasteiger partial charge in [0.15, 0.2) is 5.78 Å². The van der Waals surface area contributed by atoms with Crippen molar-refractivity contribution in [1.82, 2.24) is 0 Å². The molecular formula is C11H13ClOS. The molecule has 0 saturated carbocycles. The van der Waals surface area contributed by atoms with Crippen molar-refractivity contribution in [2.45, 2.75) is 30.5 Å². The SMILES string of the molecule is CCc1cccc(S)c1C(Cl)C(C)=O. The van der Waals surface area contributed by atoms with E-state index < -0.39 is 5.38 Å². The lowest BCUT2D eigenvalue weighted by molar-refractivity contribution is -0.116. The van der Waals surface area contributed by atoms with Gasteiger partial charge in [0.2, 0.25) is 0 Å². The Morgan fingerprint density at radius 1 is 1.57 bits per heavy atom. The fraction of sp³-hybridized carbons (Fsp3) is 0.364. The Bertz CT molecular complexity index is 349. The van der Waals surface area contributed by atoms with Gasteiger partial charge in [-0.1, -0.05) is 19.1 Å². The third-order valence-corrected chi connectivity index (χ3v) is 3.08. The lowest BCUT2D eigenvalue weighted by atomic mass is 10.0. The molecule has 1 atom stereocenters. The Balaban J connectivity index is 3.23. The van der Waals surface area contributed by atoms with Gasteiger partial charge in [0.25, 0.3) is 0 Å². The Kier molecular flexibility index (Phi) is 4.02. The van der Waals surface area contributed by atoms with Crippen molar-refractivity contribution in [2.75, 3.05) is 0 Å². The molecule has 0 fully saturated rings. The van der Waals surface area contributed by atoms with Crippen LogP contribution < -0.4 is 0 Å². The topological polar surface area (TPSA) is 17.1 Å². The highest BCUT2D eigenvalue weighted by atomic mass is 35.5. The van der Waals surface area contributed by atoms with Crippen molar-refractivity contribution in [1.29, 1.82) is 0 Å². The smallest absolute Gasteiger partial charge is 0.152 e. The number of carbonyl (C=O) groups is 1. The van der Waals surface area contributed by atoms with Gasteiger partial charge in [-0.3, -0.25) is 4.79 Å². The minimum absolute atomic E-state index is 0.0390. The first-order valence-corrected chi connectivity index (χ1v) is 5.41. The van der Waals surface area contributed by atoms with Gasteiger partial charge in [-0.05, 0) is 30.5 Å². The zero-order chi connectivity index (χ0) is 10.7. The largest absolute Gasteiger partial charge is 0.298 e. The Morgan fingerprint density at radius 3 is 2.71 bits per heavy atom. The zero-order valence-electron chi connectivity index (χ0n) is 8.25. The molecule has 14 heavy (non-hydrogen) atoms. The highest BCUT2D eigenvalue weighted by Gasteiger charge is 2.18. The number of hydrogen-bond acceptors (Lipinski definition) is 2. The quantitative estimate of drug-likeness (QED) is 0.620. The molecule has 0 aliphatic heterocycles. The maximum Gasteiger partial charge on any atom is 0.152 e. The summed E-state index contributed by atoms with van der Waals surface area (Å²) in [6.07, 6.45) is 0.861. The second-order valence-electron chi connectivity index (χ2n) is 3.18. The summed E-state index contributed by atoms with van der Waals surface area (Å²) in [5.41, 5.74) is 1.94. The molecule has 1 aromatic carbocycles. The number of rotatable bonds is 3. The zero-order valence-corrected chi connectivity index (χ0v) is 9.90. The van der Waals surface area contributed by atoms with Gasteiger partial charge in [-0.25, -0.2) is 0 Å². The minimum atomic E-state index is -0.571. The molecule has 1 nitrogen and oxygen atoms in total. The summed E-state index contributed by atoms with van der Waals surface area (Å²) >= 11 is 10.4. The first-order chi connectivity index (χ1) is 6.57. The van der Waals surface area contributed by atoms with E-state index in [-0.39, 0.29) is 5.78 Å². The Labute approximate surface area is 94.9 Å². The van der Waals surface area contributed by atoms with Crippen LogP contribution >= 0.6 is 24.2 Å². The predicted octanol–water partition coefficient (Wildman–Crippen LogP) is 3.41. The van der Waals surface area contributed by atoms with E-state index in [0.29, 0.717) is 0 Å². The maximum absolute atomic E-state index is 11.2. The number of carbonyl (C=O) groups excluding carboxylic acids is 1. The number of alkyl halides is 1. The molecule has 0 aliphatic carbocycles. The van der Waals surface area contributed by atoms with Crippen molar-refractivity contribution < 1.29 is 4.79 Å². The van der Waals surface area contributed by atoms with E-state index in [2.05, 4.69) is 12.6 Å². The maximum atomic E-state index is 11.2.